The van der Waals surface area contributed by atoms with Crippen LogP contribution in [-0.2, 0) is 4.79 Å². The van der Waals surface area contributed by atoms with Crippen molar-refractivity contribution in [3.05, 3.63) is 71.9 Å². The van der Waals surface area contributed by atoms with Crippen molar-refractivity contribution in [3.8, 4) is 11.3 Å². The van der Waals surface area contributed by atoms with Gasteiger partial charge in [-0.2, -0.15) is 0 Å². The van der Waals surface area contributed by atoms with Gasteiger partial charge in [-0.3, -0.25) is 14.0 Å². The van der Waals surface area contributed by atoms with Crippen molar-refractivity contribution in [1.29, 1.82) is 0 Å². The molecule has 41 heavy (non-hydrogen) atoms. The average molecular weight is 550 g/mol. The van der Waals surface area contributed by atoms with Crippen molar-refractivity contribution in [2.24, 2.45) is 5.92 Å². The molecule has 2 amide bonds. The van der Waals surface area contributed by atoms with E-state index < -0.39 is 0 Å². The molecule has 4 heterocycles. The molecular formula is C32H35N7O2. The smallest absolute Gasteiger partial charge is 0.256 e. The number of hydrogen-bond acceptors (Lipinski definition) is 6. The number of piperidine rings is 1. The number of nitrogens with two attached hydrogens (primary N) is 1. The average Bonchev–Trinajstić information content (AvgIpc) is 3.73. The Bertz CT molecular complexity index is 1620. The third kappa shape index (κ3) is 4.83. The quantitative estimate of drug-likeness (QED) is 0.333. The molecule has 0 radical (unpaired) electrons. The molecule has 1 aromatic carbocycles. The van der Waals surface area contributed by atoms with Crippen molar-refractivity contribution in [3.63, 3.8) is 0 Å². The van der Waals surface area contributed by atoms with Gasteiger partial charge in [-0.05, 0) is 81.2 Å². The molecule has 2 atom stereocenters. The van der Waals surface area contributed by atoms with E-state index in [2.05, 4.69) is 27.1 Å². The van der Waals surface area contributed by atoms with E-state index in [0.29, 0.717) is 35.6 Å². The molecule has 1 saturated heterocycles. The van der Waals surface area contributed by atoms with Crippen molar-refractivity contribution < 1.29 is 9.59 Å². The van der Waals surface area contributed by atoms with Crippen LogP contribution in [0.3, 0.4) is 0 Å². The summed E-state index contributed by atoms with van der Waals surface area (Å²) >= 11 is 0. The molecule has 2 saturated carbocycles. The summed E-state index contributed by atoms with van der Waals surface area (Å²) < 4.78 is 2.03. The first-order valence-electron chi connectivity index (χ1n) is 14.8. The highest BCUT2D eigenvalue weighted by Gasteiger charge is 2.37. The number of carbonyl (C=O) groups is 2. The van der Waals surface area contributed by atoms with Crippen LogP contribution in [0.5, 0.6) is 0 Å². The van der Waals surface area contributed by atoms with Crippen molar-refractivity contribution in [1.82, 2.24) is 24.3 Å². The van der Waals surface area contributed by atoms with Gasteiger partial charge in [0.25, 0.3) is 5.91 Å². The van der Waals surface area contributed by atoms with Crippen molar-refractivity contribution in [2.75, 3.05) is 17.6 Å². The van der Waals surface area contributed by atoms with Gasteiger partial charge < -0.3 is 16.0 Å². The number of nitrogens with one attached hydrogen (secondary N) is 1. The minimum absolute atomic E-state index is 0.0993. The highest BCUT2D eigenvalue weighted by molar-refractivity contribution is 6.04. The Morgan fingerprint density at radius 3 is 2.46 bits per heavy atom. The third-order valence-electron chi connectivity index (χ3n) is 9.09. The molecule has 3 N–H and O–H groups in total. The molecule has 3 fully saturated rings. The number of fused-ring (bicyclic) bond motifs is 1. The number of nitrogens with zero attached hydrogens (tertiary/aromatic N) is 5. The van der Waals surface area contributed by atoms with Gasteiger partial charge in [0, 0.05) is 54.1 Å². The Hall–Kier alpha value is -4.27. The lowest BCUT2D eigenvalue weighted by Gasteiger charge is -2.41. The Balaban J connectivity index is 1.15. The summed E-state index contributed by atoms with van der Waals surface area (Å²) in [6, 6.07) is 11.6. The van der Waals surface area contributed by atoms with Gasteiger partial charge in [-0.15, -0.1) is 0 Å². The lowest BCUT2D eigenvalue weighted by molar-refractivity contribution is -0.142. The van der Waals surface area contributed by atoms with Crippen molar-refractivity contribution in [2.45, 2.75) is 69.7 Å². The molecule has 4 aromatic rings. The molecule has 0 bridgehead atoms. The summed E-state index contributed by atoms with van der Waals surface area (Å²) in [5.74, 6) is 2.81. The van der Waals surface area contributed by atoms with Gasteiger partial charge in [0.1, 0.15) is 28.7 Å². The largest absolute Gasteiger partial charge is 0.382 e. The van der Waals surface area contributed by atoms with Gasteiger partial charge in [-0.25, -0.2) is 15.0 Å². The van der Waals surface area contributed by atoms with Gasteiger partial charge in [0.05, 0.1) is 0 Å². The van der Waals surface area contributed by atoms with Crippen molar-refractivity contribution >= 4 is 29.0 Å². The SMILES string of the molecule is C[C@@H]1CC[C@H](c2nc(-c3ccc(C(=O)Nc4cc(C5CC5)ccn4)cc3)c3c(N)nccn23)CN1C(=O)C1CCC1. The zero-order valence-electron chi connectivity index (χ0n) is 23.3. The fourth-order valence-corrected chi connectivity index (χ4v) is 6.24. The number of anilines is 2. The monoisotopic (exact) mass is 549 g/mol. The Morgan fingerprint density at radius 2 is 1.73 bits per heavy atom. The van der Waals surface area contributed by atoms with Gasteiger partial charge in [0.15, 0.2) is 0 Å². The zero-order valence-corrected chi connectivity index (χ0v) is 23.3. The van der Waals surface area contributed by atoms with E-state index in [1.807, 2.05) is 34.9 Å². The van der Waals surface area contributed by atoms with E-state index in [-0.39, 0.29) is 23.8 Å². The highest BCUT2D eigenvalue weighted by Crippen LogP contribution is 2.40. The molecule has 1 aliphatic heterocycles. The van der Waals surface area contributed by atoms with E-state index in [1.165, 1.54) is 18.4 Å². The summed E-state index contributed by atoms with van der Waals surface area (Å²) in [6.07, 6.45) is 12.8. The molecule has 3 aliphatic rings. The maximum Gasteiger partial charge on any atom is 0.256 e. The molecular weight excluding hydrogens is 514 g/mol. The van der Waals surface area contributed by atoms with Crippen LogP contribution >= 0.6 is 0 Å². The standard InChI is InChI=1S/C32H35N7O2/c1-19-5-6-25(18-39(19)32(41)23-3-2-4-23)30-37-27(28-29(33)35-15-16-38(28)30)21-9-11-22(12-10-21)31(40)36-26-17-24(13-14-34-26)20-7-8-20/h9-17,19-20,23,25H,2-8,18H2,1H3,(H2,33,35)(H,34,36,40)/t19-,25+/m1/s1. The van der Waals surface area contributed by atoms with E-state index in [9.17, 15) is 9.59 Å². The Morgan fingerprint density at radius 1 is 0.951 bits per heavy atom. The molecule has 9 nitrogen and oxygen atoms in total. The molecule has 0 spiro atoms. The van der Waals surface area contributed by atoms with Crippen LogP contribution in [0.25, 0.3) is 16.8 Å². The maximum atomic E-state index is 13.2. The molecule has 9 heteroatoms. The van der Waals surface area contributed by atoms with Gasteiger partial charge in [0.2, 0.25) is 5.91 Å². The summed E-state index contributed by atoms with van der Waals surface area (Å²) in [4.78, 5) is 42.0. The van der Waals surface area contributed by atoms with E-state index in [0.717, 1.165) is 54.7 Å². The van der Waals surface area contributed by atoms with Gasteiger partial charge in [-0.1, -0.05) is 18.6 Å². The fourth-order valence-electron chi connectivity index (χ4n) is 6.24. The summed E-state index contributed by atoms with van der Waals surface area (Å²) in [5.41, 5.74) is 10.5. The lowest BCUT2D eigenvalue weighted by Crippen LogP contribution is -2.48. The number of aromatic nitrogens is 4. The topological polar surface area (TPSA) is 119 Å². The fraction of sp³-hybridized carbons (Fsp3) is 0.406. The van der Waals surface area contributed by atoms with Crippen LogP contribution in [0.15, 0.2) is 55.0 Å². The second-order valence-electron chi connectivity index (χ2n) is 11.9. The summed E-state index contributed by atoms with van der Waals surface area (Å²) in [5, 5.41) is 2.93. The lowest BCUT2D eigenvalue weighted by atomic mass is 9.82. The number of benzene rings is 1. The second kappa shape index (κ2) is 10.3. The Labute approximate surface area is 239 Å². The first kappa shape index (κ1) is 25.7. The van der Waals surface area contributed by atoms with Gasteiger partial charge >= 0.3 is 0 Å². The number of carbonyl (C=O) groups excluding carboxylic acids is 2. The van der Waals surface area contributed by atoms with Crippen LogP contribution in [0.2, 0.25) is 0 Å². The second-order valence-corrected chi connectivity index (χ2v) is 11.9. The number of pyridine rings is 1. The minimum atomic E-state index is -0.207. The molecule has 0 unspecified atom stereocenters. The molecule has 7 rings (SSSR count). The minimum Gasteiger partial charge on any atom is -0.382 e. The Kier molecular flexibility index (Phi) is 6.44. The number of likely N-dealkylation sites (tertiary alicyclic amines) is 1. The number of nitrogen functional groups attached to an aromatic ring is 1. The number of hydrogen-bond donors (Lipinski definition) is 2. The van der Waals surface area contributed by atoms with Crippen LogP contribution < -0.4 is 11.1 Å². The van der Waals surface area contributed by atoms with Crippen LogP contribution in [0, 0.1) is 5.92 Å². The predicted molar refractivity (Wildman–Crippen MR) is 157 cm³/mol. The summed E-state index contributed by atoms with van der Waals surface area (Å²) in [6.45, 7) is 2.81. The maximum absolute atomic E-state index is 13.2. The molecule has 210 valence electrons. The third-order valence-corrected chi connectivity index (χ3v) is 9.09. The highest BCUT2D eigenvalue weighted by atomic mass is 16.2. The van der Waals surface area contributed by atoms with Crippen LogP contribution in [0.1, 0.15) is 85.5 Å². The van der Waals surface area contributed by atoms with E-state index >= 15 is 0 Å². The van der Waals surface area contributed by atoms with E-state index in [1.54, 1.807) is 24.5 Å². The molecule has 3 aromatic heterocycles. The van der Waals surface area contributed by atoms with E-state index in [4.69, 9.17) is 10.7 Å². The number of rotatable bonds is 6. The first-order valence-corrected chi connectivity index (χ1v) is 14.8. The zero-order chi connectivity index (χ0) is 28.1. The summed E-state index contributed by atoms with van der Waals surface area (Å²) in [7, 11) is 0. The predicted octanol–water partition coefficient (Wildman–Crippen LogP) is 5.40. The van der Waals surface area contributed by atoms with Crippen LogP contribution in [-0.4, -0.2) is 48.7 Å². The number of amides is 2. The van der Waals surface area contributed by atoms with Crippen LogP contribution in [0.4, 0.5) is 11.6 Å². The number of imidazole rings is 1. The normalized spacial score (nSPS) is 21.0. The molecule has 2 aliphatic carbocycles. The first-order chi connectivity index (χ1) is 20.0.